The summed E-state index contributed by atoms with van der Waals surface area (Å²) in [6, 6.07) is 34.9. The number of amides is 6. The quantitative estimate of drug-likeness (QED) is 0.105. The fourth-order valence-corrected chi connectivity index (χ4v) is 14.1. The van der Waals surface area contributed by atoms with Gasteiger partial charge in [0.05, 0.1) is 36.4 Å². The van der Waals surface area contributed by atoms with Gasteiger partial charge in [-0.25, -0.2) is 14.3 Å². The van der Waals surface area contributed by atoms with Crippen LogP contribution >= 0.6 is 0 Å². The lowest BCUT2D eigenvalue weighted by Crippen LogP contribution is -2.60. The summed E-state index contributed by atoms with van der Waals surface area (Å²) < 4.78 is 26.7. The number of nitrogens with one attached hydrogen (secondary N) is 2. The zero-order chi connectivity index (χ0) is 63.1. The fraction of sp³-hybridized carbons (Fsp3) is 0.443. The summed E-state index contributed by atoms with van der Waals surface area (Å²) in [7, 11) is 0. The van der Waals surface area contributed by atoms with Crippen LogP contribution in [0, 0.1) is 17.7 Å². The van der Waals surface area contributed by atoms with Gasteiger partial charge in [-0.3, -0.25) is 43.5 Å². The van der Waals surface area contributed by atoms with Gasteiger partial charge < -0.3 is 39.2 Å². The van der Waals surface area contributed by atoms with Crippen molar-refractivity contribution in [2.45, 2.75) is 68.9 Å². The first-order valence-corrected chi connectivity index (χ1v) is 32.1. The van der Waals surface area contributed by atoms with Crippen LogP contribution in [0.2, 0.25) is 0 Å². The van der Waals surface area contributed by atoms with E-state index in [4.69, 9.17) is 14.3 Å². The minimum absolute atomic E-state index is 0.00944. The van der Waals surface area contributed by atoms with Crippen LogP contribution in [-0.2, 0) is 35.1 Å². The molecule has 6 fully saturated rings. The molecule has 0 bridgehead atoms. The molecule has 2 unspecified atom stereocenters. The summed E-state index contributed by atoms with van der Waals surface area (Å²) >= 11 is 0. The van der Waals surface area contributed by atoms with Crippen molar-refractivity contribution in [3.8, 4) is 11.1 Å². The van der Waals surface area contributed by atoms with Crippen LogP contribution in [0.25, 0.3) is 21.9 Å². The van der Waals surface area contributed by atoms with Crippen LogP contribution in [0.15, 0.2) is 120 Å². The van der Waals surface area contributed by atoms with Crippen LogP contribution in [0.3, 0.4) is 0 Å². The zero-order valence-electron chi connectivity index (χ0n) is 51.4. The number of hydrogen-bond donors (Lipinski definition) is 2. The summed E-state index contributed by atoms with van der Waals surface area (Å²) in [4.78, 5) is 117. The number of hydrogen-bond acceptors (Lipinski definition) is 13. The molecule has 6 aromatic rings. The lowest BCUT2D eigenvalue weighted by molar-refractivity contribution is -0.142. The van der Waals surface area contributed by atoms with Gasteiger partial charge in [-0.1, -0.05) is 84.9 Å². The number of ether oxygens (including phenoxy) is 2. The van der Waals surface area contributed by atoms with Crippen molar-refractivity contribution in [3.63, 3.8) is 0 Å². The number of H-pyrrole nitrogens is 1. The molecule has 6 amide bonds. The van der Waals surface area contributed by atoms with E-state index in [2.05, 4.69) is 49.6 Å². The van der Waals surface area contributed by atoms with Crippen molar-refractivity contribution < 1.29 is 47.4 Å². The van der Waals surface area contributed by atoms with Crippen LogP contribution in [-0.4, -0.2) is 217 Å². The first kappa shape index (κ1) is 62.5. The second-order valence-electron chi connectivity index (χ2n) is 25.3. The highest BCUT2D eigenvalue weighted by atomic mass is 19.1. The average Bonchev–Trinajstić information content (AvgIpc) is 1.72. The number of piperidine rings is 2. The Hall–Kier alpha value is -8.66. The zero-order valence-corrected chi connectivity index (χ0v) is 51.4. The molecule has 0 spiro atoms. The molecule has 2 aliphatic carbocycles. The predicted octanol–water partition coefficient (Wildman–Crippen LogP) is 6.17. The summed E-state index contributed by atoms with van der Waals surface area (Å²) in [6.45, 7) is 10.7. The number of nitrogens with zero attached hydrogens (tertiary/aromatic N) is 8. The third-order valence-electron chi connectivity index (χ3n) is 19.5. The van der Waals surface area contributed by atoms with Crippen LogP contribution in [0.4, 0.5) is 9.18 Å². The summed E-state index contributed by atoms with van der Waals surface area (Å²) in [6.07, 6.45) is 5.04. The summed E-state index contributed by atoms with van der Waals surface area (Å²) in [5, 5.41) is 11.1. The molecule has 5 aromatic carbocycles. The number of benzene rings is 5. The van der Waals surface area contributed by atoms with E-state index < -0.39 is 23.9 Å². The van der Waals surface area contributed by atoms with Crippen molar-refractivity contribution in [2.75, 3.05) is 118 Å². The Kier molecular flexibility index (Phi) is 19.4. The number of halogens is 1. The Balaban J connectivity index is 0.00000396. The van der Waals surface area contributed by atoms with E-state index in [1.807, 2.05) is 71.2 Å². The number of piperazine rings is 2. The molecule has 2 N–H and O–H groups in total. The van der Waals surface area contributed by atoms with Gasteiger partial charge in [-0.2, -0.15) is 5.10 Å². The van der Waals surface area contributed by atoms with E-state index >= 15 is 4.39 Å². The molecular weight excluding hydrogens is 1160 g/mol. The molecule has 13 rings (SSSR count). The Morgan fingerprint density at radius 1 is 0.692 bits per heavy atom. The molecule has 476 valence electrons. The first-order chi connectivity index (χ1) is 44.4. The molecule has 20 nitrogen and oxygen atoms in total. The predicted molar refractivity (Wildman–Crippen MR) is 339 cm³/mol. The minimum Gasteiger partial charge on any atom is -0.448 e. The third kappa shape index (κ3) is 14.1. The maximum Gasteiger partial charge on any atom is 0.410 e. The van der Waals surface area contributed by atoms with Crippen molar-refractivity contribution in [2.24, 2.45) is 11.8 Å². The number of fused-ring (bicyclic) bond motifs is 4. The number of rotatable bonds is 17. The lowest BCUT2D eigenvalue weighted by Gasteiger charge is -2.41. The van der Waals surface area contributed by atoms with Crippen LogP contribution in [0.5, 0.6) is 0 Å². The van der Waals surface area contributed by atoms with Gasteiger partial charge in [0.2, 0.25) is 17.7 Å². The highest BCUT2D eigenvalue weighted by molar-refractivity contribution is 5.98. The fourth-order valence-electron chi connectivity index (χ4n) is 14.1. The Morgan fingerprint density at radius 2 is 1.36 bits per heavy atom. The highest BCUT2D eigenvalue weighted by Crippen LogP contribution is 2.45. The van der Waals surface area contributed by atoms with Gasteiger partial charge in [0.25, 0.3) is 17.4 Å². The number of carbonyl (C=O) groups is 7. The molecule has 5 aliphatic heterocycles. The van der Waals surface area contributed by atoms with Gasteiger partial charge in [-0.15, -0.1) is 0 Å². The Morgan fingerprint density at radius 3 is 2.05 bits per heavy atom. The lowest BCUT2D eigenvalue weighted by atomic mass is 9.89. The van der Waals surface area contributed by atoms with Crippen molar-refractivity contribution in [1.29, 1.82) is 0 Å². The number of aromatic nitrogens is 2. The van der Waals surface area contributed by atoms with Crippen molar-refractivity contribution >= 4 is 53.2 Å². The van der Waals surface area contributed by atoms with E-state index in [-0.39, 0.29) is 71.7 Å². The normalized spacial score (nSPS) is 19.3. The van der Waals surface area contributed by atoms with Gasteiger partial charge >= 0.3 is 6.09 Å². The monoisotopic (exact) mass is 1240 g/mol. The molecule has 1 saturated carbocycles. The van der Waals surface area contributed by atoms with E-state index in [9.17, 15) is 33.6 Å². The highest BCUT2D eigenvalue weighted by Gasteiger charge is 2.41. The molecule has 2 atom stereocenters. The number of aromatic amines is 1. The maximum absolute atomic E-state index is 15.2. The maximum atomic E-state index is 15.2. The summed E-state index contributed by atoms with van der Waals surface area (Å²) in [5.41, 5.74) is 6.97. The SMILES string of the molecule is C=O.O=C(NC(C(=O)N1CCN(CC2CCN(CC(=O)N3CCN(C(=O)c4cc(Cc5n[nH]c(=O)c6ccccc56)ccc4F)CC3)CC2)CC1)C1COC1)c1cccc(C2CCCN(C(=O)CN(C(=O)OCC3c4ccccc4-c4ccccc43)C3CC3)C2)c1. The minimum atomic E-state index is -0.729. The van der Waals surface area contributed by atoms with Crippen molar-refractivity contribution in [1.82, 2.24) is 49.8 Å². The van der Waals surface area contributed by atoms with E-state index in [0.29, 0.717) is 112 Å². The van der Waals surface area contributed by atoms with Crippen LogP contribution < -0.4 is 10.9 Å². The summed E-state index contributed by atoms with van der Waals surface area (Å²) in [5.74, 6) is -1.32. The Bertz CT molecular complexity index is 3680. The van der Waals surface area contributed by atoms with Gasteiger partial charge in [0.1, 0.15) is 31.8 Å². The van der Waals surface area contributed by atoms with E-state index in [0.717, 1.165) is 99.1 Å². The Labute approximate surface area is 528 Å². The molecule has 7 aliphatic rings. The second-order valence-corrected chi connectivity index (χ2v) is 25.3. The average molecular weight is 1240 g/mol. The molecule has 21 heteroatoms. The van der Waals surface area contributed by atoms with Crippen molar-refractivity contribution in [3.05, 3.63) is 171 Å². The molecule has 5 saturated heterocycles. The second kappa shape index (κ2) is 28.2. The van der Waals surface area contributed by atoms with Gasteiger partial charge in [0, 0.05) is 113 Å². The molecular formula is C70H79FN10O10. The molecule has 0 radical (unpaired) electrons. The first-order valence-electron chi connectivity index (χ1n) is 32.1. The van der Waals surface area contributed by atoms with Crippen LogP contribution in [0.1, 0.15) is 99.0 Å². The smallest absolute Gasteiger partial charge is 0.410 e. The third-order valence-corrected chi connectivity index (χ3v) is 19.5. The largest absolute Gasteiger partial charge is 0.448 e. The van der Waals surface area contributed by atoms with Gasteiger partial charge in [0.15, 0.2) is 0 Å². The van der Waals surface area contributed by atoms with E-state index in [1.165, 1.54) is 6.07 Å². The van der Waals surface area contributed by atoms with E-state index in [1.54, 1.807) is 45.0 Å². The number of likely N-dealkylation sites (tertiary alicyclic amines) is 2. The molecule has 6 heterocycles. The van der Waals surface area contributed by atoms with Gasteiger partial charge in [-0.05, 0) is 121 Å². The standard InChI is InChI=1S/C69H77FN10O9.CH2O/c70-60-21-18-46(36-61-56-16-5-6-17-57(56)66(84)73-72-61)35-58(60)67(85)77-33-31-76(32-34-77)62(81)40-74-25-22-45(23-26-74)38-75-27-29-78(30-28-75)68(86)64(50-42-88-43-50)71-65(83)48-10-7-9-47(37-48)49-11-8-24-79(39-49)63(82)41-80(51-19-20-51)69(87)89-44-59-54-14-3-1-12-52(54)53-13-2-4-15-55(53)59;1-2/h1-7,9-10,12-18,21,35,37,45,49-51,59,64H,8,11,19-20,22-34,36,38-44H2,(H,71,83)(H,73,84);1H2. The number of carbonyl (C=O) groups excluding carboxylic acids is 7. The molecule has 91 heavy (non-hydrogen) atoms. The molecule has 1 aromatic heterocycles. The topological polar surface area (TPSA) is 218 Å².